The highest BCUT2D eigenvalue weighted by Gasteiger charge is 2.32. The molecule has 3 aromatic rings. The number of carbonyl (C=O) groups excluding carboxylic acids is 1. The van der Waals surface area contributed by atoms with Crippen LogP contribution in [0.4, 0.5) is 5.69 Å². The minimum absolute atomic E-state index is 0.195. The van der Waals surface area contributed by atoms with Crippen molar-refractivity contribution in [3.05, 3.63) is 71.0 Å². The Morgan fingerprint density at radius 1 is 1.09 bits per heavy atom. The van der Waals surface area contributed by atoms with Crippen LogP contribution in [0.3, 0.4) is 0 Å². The molecule has 0 N–H and O–H groups in total. The number of amides is 1. The summed E-state index contributed by atoms with van der Waals surface area (Å²) in [5.41, 5.74) is 2.79. The van der Waals surface area contributed by atoms with E-state index in [0.29, 0.717) is 39.8 Å². The van der Waals surface area contributed by atoms with Crippen molar-refractivity contribution < 1.29 is 18.8 Å². The van der Waals surface area contributed by atoms with Gasteiger partial charge in [0, 0.05) is 5.41 Å². The molecular weight excluding hydrogens is 452 g/mol. The van der Waals surface area contributed by atoms with Gasteiger partial charge in [-0.05, 0) is 42.8 Å². The van der Waals surface area contributed by atoms with Crippen LogP contribution in [0.25, 0.3) is 6.08 Å². The molecule has 0 radical (unpaired) electrons. The second-order valence-electron chi connectivity index (χ2n) is 9.06. The summed E-state index contributed by atoms with van der Waals surface area (Å²) in [6.07, 6.45) is 1.75. The summed E-state index contributed by atoms with van der Waals surface area (Å²) in [7, 11) is 0. The average molecular weight is 477 g/mol. The molecule has 0 bridgehead atoms. The van der Waals surface area contributed by atoms with Crippen LogP contribution in [-0.4, -0.2) is 28.0 Å². The summed E-state index contributed by atoms with van der Waals surface area (Å²) in [4.78, 5) is 24.2. The maximum atomic E-state index is 13.4. The molecule has 2 aromatic carbocycles. The van der Waals surface area contributed by atoms with Gasteiger partial charge in [-0.1, -0.05) is 61.5 Å². The lowest BCUT2D eigenvalue weighted by molar-refractivity contribution is -0.113. The fourth-order valence-corrected chi connectivity index (χ4v) is 4.27. The number of aryl methyl sites for hydroxylation is 1. The number of fused-ring (bicyclic) bond motifs is 1. The SMILES string of the molecule is Cc1ccc(N2C(=O)/C(=C\c3ccc4c(c3)OCO4)N=C2SCc2nc(C(C)(C)C)no2)cc1. The molecule has 0 saturated heterocycles. The third-order valence-electron chi connectivity index (χ3n) is 5.29. The first kappa shape index (κ1) is 22.2. The molecule has 0 atom stereocenters. The zero-order valence-electron chi connectivity index (χ0n) is 19.4. The van der Waals surface area contributed by atoms with E-state index in [1.165, 1.54) is 11.8 Å². The quantitative estimate of drug-likeness (QED) is 0.485. The third-order valence-corrected chi connectivity index (χ3v) is 6.21. The van der Waals surface area contributed by atoms with Crippen molar-refractivity contribution >= 4 is 34.6 Å². The Bertz CT molecular complexity index is 1310. The number of thioether (sulfide) groups is 1. The highest BCUT2D eigenvalue weighted by atomic mass is 32.2. The fraction of sp³-hybridized carbons (Fsp3) is 0.280. The van der Waals surface area contributed by atoms with Gasteiger partial charge in [-0.3, -0.25) is 9.69 Å². The summed E-state index contributed by atoms with van der Waals surface area (Å²) in [5, 5.41) is 4.63. The summed E-state index contributed by atoms with van der Waals surface area (Å²) in [6.45, 7) is 8.29. The number of benzene rings is 2. The number of hydrogen-bond donors (Lipinski definition) is 0. The van der Waals surface area contributed by atoms with Gasteiger partial charge in [0.25, 0.3) is 5.91 Å². The van der Waals surface area contributed by atoms with Gasteiger partial charge < -0.3 is 14.0 Å². The van der Waals surface area contributed by atoms with E-state index in [1.54, 1.807) is 11.0 Å². The Balaban J connectivity index is 1.44. The number of amidine groups is 1. The standard InChI is InChI=1S/C25H24N4O4S/c1-15-5-8-17(9-6-15)29-22(30)18(11-16-7-10-19-20(12-16)32-14-31-19)26-24(29)34-13-21-27-23(28-33-21)25(2,3)4/h5-12H,13-14H2,1-4H3/b18-11+. The van der Waals surface area contributed by atoms with Gasteiger partial charge in [0.15, 0.2) is 22.5 Å². The minimum atomic E-state index is -0.207. The van der Waals surface area contributed by atoms with E-state index in [4.69, 9.17) is 14.0 Å². The van der Waals surface area contributed by atoms with Gasteiger partial charge in [-0.2, -0.15) is 4.98 Å². The zero-order chi connectivity index (χ0) is 23.9. The number of carbonyl (C=O) groups is 1. The van der Waals surface area contributed by atoms with Crippen LogP contribution >= 0.6 is 11.8 Å². The number of nitrogens with zero attached hydrogens (tertiary/aromatic N) is 4. The summed E-state index contributed by atoms with van der Waals surface area (Å²) >= 11 is 1.38. The van der Waals surface area contributed by atoms with Crippen molar-refractivity contribution in [3.8, 4) is 11.5 Å². The van der Waals surface area contributed by atoms with Crippen LogP contribution in [-0.2, 0) is 16.0 Å². The molecule has 5 rings (SSSR count). The molecule has 9 heteroatoms. The molecule has 2 aliphatic rings. The minimum Gasteiger partial charge on any atom is -0.454 e. The van der Waals surface area contributed by atoms with Crippen LogP contribution < -0.4 is 14.4 Å². The molecule has 0 unspecified atom stereocenters. The van der Waals surface area contributed by atoms with Crippen molar-refractivity contribution in [2.45, 2.75) is 38.9 Å². The van der Waals surface area contributed by atoms with Crippen LogP contribution in [0.2, 0.25) is 0 Å². The topological polar surface area (TPSA) is 90.1 Å². The average Bonchev–Trinajstić information content (AvgIpc) is 3.52. The number of ether oxygens (including phenoxy) is 2. The summed E-state index contributed by atoms with van der Waals surface area (Å²) in [6, 6.07) is 13.3. The molecule has 0 saturated carbocycles. The lowest BCUT2D eigenvalue weighted by Gasteiger charge is -2.17. The second kappa shape index (κ2) is 8.64. The van der Waals surface area contributed by atoms with E-state index in [-0.39, 0.29) is 18.1 Å². The predicted octanol–water partition coefficient (Wildman–Crippen LogP) is 5.08. The zero-order valence-corrected chi connectivity index (χ0v) is 20.2. The van der Waals surface area contributed by atoms with Crippen molar-refractivity contribution in [1.29, 1.82) is 0 Å². The largest absolute Gasteiger partial charge is 0.454 e. The Morgan fingerprint density at radius 2 is 1.85 bits per heavy atom. The van der Waals surface area contributed by atoms with Gasteiger partial charge in [-0.15, -0.1) is 0 Å². The number of hydrogen-bond acceptors (Lipinski definition) is 8. The normalized spacial score (nSPS) is 16.5. The van der Waals surface area contributed by atoms with Crippen LogP contribution in [0, 0.1) is 6.92 Å². The number of rotatable bonds is 4. The van der Waals surface area contributed by atoms with Crippen molar-refractivity contribution in [3.63, 3.8) is 0 Å². The monoisotopic (exact) mass is 476 g/mol. The summed E-state index contributed by atoms with van der Waals surface area (Å²) in [5.74, 6) is 2.67. The Labute approximate surface area is 201 Å². The lowest BCUT2D eigenvalue weighted by Crippen LogP contribution is -2.30. The Hall–Kier alpha value is -3.59. The lowest BCUT2D eigenvalue weighted by atomic mass is 9.96. The highest BCUT2D eigenvalue weighted by molar-refractivity contribution is 8.13. The molecule has 1 aromatic heterocycles. The van der Waals surface area contributed by atoms with E-state index in [1.807, 2.05) is 70.2 Å². The number of aliphatic imine (C=N–C) groups is 1. The Morgan fingerprint density at radius 3 is 2.59 bits per heavy atom. The molecule has 0 aliphatic carbocycles. The van der Waals surface area contributed by atoms with Crippen molar-refractivity contribution in [1.82, 2.24) is 10.1 Å². The van der Waals surface area contributed by atoms with Crippen molar-refractivity contribution in [2.24, 2.45) is 4.99 Å². The third kappa shape index (κ3) is 4.43. The fourth-order valence-electron chi connectivity index (χ4n) is 3.42. The van der Waals surface area contributed by atoms with E-state index < -0.39 is 0 Å². The van der Waals surface area contributed by atoms with E-state index >= 15 is 0 Å². The van der Waals surface area contributed by atoms with Gasteiger partial charge in [-0.25, -0.2) is 4.99 Å². The van der Waals surface area contributed by atoms with E-state index in [9.17, 15) is 4.79 Å². The smallest absolute Gasteiger partial charge is 0.283 e. The molecule has 2 aliphatic heterocycles. The first-order chi connectivity index (χ1) is 16.3. The molecule has 8 nitrogen and oxygen atoms in total. The second-order valence-corrected chi connectivity index (χ2v) is 10.0. The van der Waals surface area contributed by atoms with E-state index in [0.717, 1.165) is 16.8 Å². The van der Waals surface area contributed by atoms with Gasteiger partial charge in [0.05, 0.1) is 11.4 Å². The predicted molar refractivity (Wildman–Crippen MR) is 131 cm³/mol. The van der Waals surface area contributed by atoms with Crippen LogP contribution in [0.5, 0.6) is 11.5 Å². The molecule has 3 heterocycles. The highest BCUT2D eigenvalue weighted by Crippen LogP contribution is 2.35. The van der Waals surface area contributed by atoms with Crippen LogP contribution in [0.15, 0.2) is 57.7 Å². The Kier molecular flexibility index (Phi) is 5.65. The maximum Gasteiger partial charge on any atom is 0.283 e. The summed E-state index contributed by atoms with van der Waals surface area (Å²) < 4.78 is 16.2. The molecule has 1 amide bonds. The van der Waals surface area contributed by atoms with Gasteiger partial charge in [0.1, 0.15) is 5.70 Å². The first-order valence-corrected chi connectivity index (χ1v) is 11.8. The molecular formula is C25H24N4O4S. The number of anilines is 1. The van der Waals surface area contributed by atoms with Gasteiger partial charge >= 0.3 is 0 Å². The number of aromatic nitrogens is 2. The van der Waals surface area contributed by atoms with E-state index in [2.05, 4.69) is 15.1 Å². The van der Waals surface area contributed by atoms with Gasteiger partial charge in [0.2, 0.25) is 12.7 Å². The first-order valence-electron chi connectivity index (χ1n) is 10.8. The molecule has 0 spiro atoms. The van der Waals surface area contributed by atoms with Crippen LogP contribution in [0.1, 0.15) is 43.6 Å². The molecule has 174 valence electrons. The maximum absolute atomic E-state index is 13.4. The molecule has 34 heavy (non-hydrogen) atoms. The van der Waals surface area contributed by atoms with Crippen molar-refractivity contribution in [2.75, 3.05) is 11.7 Å². The molecule has 0 fully saturated rings.